The SMILES string of the molecule is CCn1cc(C(=O)Nc2ccc(Br)cc2F)c(=O)c2ccc(C)nc21. The molecule has 0 spiro atoms. The molecular formula is C18H15BrFN3O2. The summed E-state index contributed by atoms with van der Waals surface area (Å²) in [5.41, 5.74) is 0.837. The third-order valence-corrected chi connectivity index (χ3v) is 4.32. The average molecular weight is 404 g/mol. The van der Waals surface area contributed by atoms with Crippen LogP contribution in [0.2, 0.25) is 0 Å². The van der Waals surface area contributed by atoms with E-state index >= 15 is 0 Å². The highest BCUT2D eigenvalue weighted by Crippen LogP contribution is 2.20. The van der Waals surface area contributed by atoms with Crippen LogP contribution in [0.3, 0.4) is 0 Å². The summed E-state index contributed by atoms with van der Waals surface area (Å²) in [6, 6.07) is 7.66. The summed E-state index contributed by atoms with van der Waals surface area (Å²) in [7, 11) is 0. The topological polar surface area (TPSA) is 64.0 Å². The number of amides is 1. The van der Waals surface area contributed by atoms with E-state index in [0.29, 0.717) is 22.1 Å². The van der Waals surface area contributed by atoms with Crippen LogP contribution in [0.5, 0.6) is 0 Å². The molecule has 0 saturated carbocycles. The monoisotopic (exact) mass is 403 g/mol. The second-order valence-electron chi connectivity index (χ2n) is 5.56. The van der Waals surface area contributed by atoms with Crippen LogP contribution in [-0.2, 0) is 6.54 Å². The number of benzene rings is 1. The van der Waals surface area contributed by atoms with Gasteiger partial charge < -0.3 is 9.88 Å². The van der Waals surface area contributed by atoms with Crippen molar-refractivity contribution >= 4 is 38.6 Å². The Hall–Kier alpha value is -2.54. The molecule has 3 rings (SSSR count). The summed E-state index contributed by atoms with van der Waals surface area (Å²) < 4.78 is 16.2. The van der Waals surface area contributed by atoms with Crippen molar-refractivity contribution in [2.75, 3.05) is 5.32 Å². The predicted octanol–water partition coefficient (Wildman–Crippen LogP) is 3.88. The summed E-state index contributed by atoms with van der Waals surface area (Å²) in [5, 5.41) is 2.81. The molecule has 0 aliphatic carbocycles. The van der Waals surface area contributed by atoms with Crippen LogP contribution in [0, 0.1) is 12.7 Å². The lowest BCUT2D eigenvalue weighted by atomic mass is 10.1. The second kappa shape index (κ2) is 6.76. The summed E-state index contributed by atoms with van der Waals surface area (Å²) in [6.07, 6.45) is 1.46. The van der Waals surface area contributed by atoms with Crippen molar-refractivity contribution in [3.05, 3.63) is 68.3 Å². The predicted molar refractivity (Wildman–Crippen MR) is 98.5 cm³/mol. The van der Waals surface area contributed by atoms with E-state index < -0.39 is 17.2 Å². The maximum atomic E-state index is 13.9. The van der Waals surface area contributed by atoms with Gasteiger partial charge in [0.1, 0.15) is 17.0 Å². The molecule has 25 heavy (non-hydrogen) atoms. The van der Waals surface area contributed by atoms with Crippen LogP contribution in [0.15, 0.2) is 45.8 Å². The van der Waals surface area contributed by atoms with Gasteiger partial charge in [-0.15, -0.1) is 0 Å². The van der Waals surface area contributed by atoms with Gasteiger partial charge in [-0.1, -0.05) is 15.9 Å². The Labute approximate surface area is 151 Å². The van der Waals surface area contributed by atoms with E-state index in [4.69, 9.17) is 0 Å². The standard InChI is InChI=1S/C18H15BrFN3O2/c1-3-23-9-13(16(24)12-6-4-10(2)21-17(12)23)18(25)22-15-7-5-11(19)8-14(15)20/h4-9H,3H2,1-2H3,(H,22,25). The number of carbonyl (C=O) groups excluding carboxylic acids is 1. The molecular weight excluding hydrogens is 389 g/mol. The Kier molecular flexibility index (Phi) is 4.67. The van der Waals surface area contributed by atoms with Gasteiger partial charge in [0.2, 0.25) is 5.43 Å². The molecule has 0 bridgehead atoms. The third-order valence-electron chi connectivity index (χ3n) is 3.83. The fourth-order valence-corrected chi connectivity index (χ4v) is 2.88. The normalized spacial score (nSPS) is 10.9. The first-order valence-electron chi connectivity index (χ1n) is 7.68. The number of anilines is 1. The summed E-state index contributed by atoms with van der Waals surface area (Å²) in [5.74, 6) is -1.24. The van der Waals surface area contributed by atoms with Gasteiger partial charge in [0.05, 0.1) is 11.1 Å². The minimum Gasteiger partial charge on any atom is -0.332 e. The molecule has 0 unspecified atom stereocenters. The van der Waals surface area contributed by atoms with Crippen LogP contribution >= 0.6 is 15.9 Å². The van der Waals surface area contributed by atoms with Gasteiger partial charge in [0, 0.05) is 22.9 Å². The number of aromatic nitrogens is 2. The molecule has 3 aromatic rings. The Morgan fingerprint density at radius 2 is 2.08 bits per heavy atom. The van der Waals surface area contributed by atoms with E-state index in [1.165, 1.54) is 18.3 Å². The lowest BCUT2D eigenvalue weighted by Crippen LogP contribution is -2.24. The molecule has 0 fully saturated rings. The highest BCUT2D eigenvalue weighted by Gasteiger charge is 2.17. The Morgan fingerprint density at radius 3 is 2.76 bits per heavy atom. The highest BCUT2D eigenvalue weighted by atomic mass is 79.9. The van der Waals surface area contributed by atoms with Gasteiger partial charge in [-0.2, -0.15) is 0 Å². The quantitative estimate of drug-likeness (QED) is 0.721. The molecule has 1 aromatic carbocycles. The van der Waals surface area contributed by atoms with Gasteiger partial charge in [0.25, 0.3) is 5.91 Å². The smallest absolute Gasteiger partial charge is 0.261 e. The molecule has 0 atom stereocenters. The molecule has 5 nitrogen and oxygen atoms in total. The number of pyridine rings is 2. The molecule has 1 amide bonds. The number of carbonyl (C=O) groups is 1. The first-order valence-corrected chi connectivity index (χ1v) is 8.47. The van der Waals surface area contributed by atoms with E-state index in [2.05, 4.69) is 26.2 Å². The second-order valence-corrected chi connectivity index (χ2v) is 6.48. The lowest BCUT2D eigenvalue weighted by Gasteiger charge is -2.12. The van der Waals surface area contributed by atoms with Gasteiger partial charge in [-0.05, 0) is 44.2 Å². The zero-order chi connectivity index (χ0) is 18.1. The zero-order valence-corrected chi connectivity index (χ0v) is 15.2. The maximum Gasteiger partial charge on any atom is 0.261 e. The first-order chi connectivity index (χ1) is 11.9. The molecule has 128 valence electrons. The largest absolute Gasteiger partial charge is 0.332 e. The van der Waals surface area contributed by atoms with Crippen LogP contribution in [0.25, 0.3) is 11.0 Å². The summed E-state index contributed by atoms with van der Waals surface area (Å²) in [6.45, 7) is 4.27. The fraction of sp³-hybridized carbons (Fsp3) is 0.167. The van der Waals surface area contributed by atoms with Crippen LogP contribution in [-0.4, -0.2) is 15.5 Å². The van der Waals surface area contributed by atoms with Gasteiger partial charge in [-0.3, -0.25) is 9.59 Å². The molecule has 1 N–H and O–H groups in total. The maximum absolute atomic E-state index is 13.9. The molecule has 0 aliphatic heterocycles. The van der Waals surface area contributed by atoms with Crippen molar-refractivity contribution in [2.45, 2.75) is 20.4 Å². The van der Waals surface area contributed by atoms with E-state index in [1.54, 1.807) is 22.8 Å². The van der Waals surface area contributed by atoms with Crippen molar-refractivity contribution in [1.82, 2.24) is 9.55 Å². The summed E-state index contributed by atoms with van der Waals surface area (Å²) in [4.78, 5) is 29.6. The first kappa shape index (κ1) is 17.3. The van der Waals surface area contributed by atoms with Gasteiger partial charge in [-0.25, -0.2) is 9.37 Å². The van der Waals surface area contributed by atoms with E-state index in [9.17, 15) is 14.0 Å². The van der Waals surface area contributed by atoms with Crippen LogP contribution in [0.4, 0.5) is 10.1 Å². The number of nitrogens with zero attached hydrogens (tertiary/aromatic N) is 2. The van der Waals surface area contributed by atoms with Crippen molar-refractivity contribution in [2.24, 2.45) is 0 Å². The zero-order valence-electron chi connectivity index (χ0n) is 13.6. The Morgan fingerprint density at radius 1 is 1.32 bits per heavy atom. The van der Waals surface area contributed by atoms with E-state index in [-0.39, 0.29) is 11.3 Å². The number of hydrogen-bond donors (Lipinski definition) is 1. The minimum absolute atomic E-state index is 0.0118. The van der Waals surface area contributed by atoms with Crippen molar-refractivity contribution in [3.63, 3.8) is 0 Å². The molecule has 2 heterocycles. The van der Waals surface area contributed by atoms with E-state index in [1.807, 2.05) is 13.8 Å². The number of rotatable bonds is 3. The van der Waals surface area contributed by atoms with Gasteiger partial charge in [0.15, 0.2) is 0 Å². The number of aryl methyl sites for hydroxylation is 2. The highest BCUT2D eigenvalue weighted by molar-refractivity contribution is 9.10. The van der Waals surface area contributed by atoms with E-state index in [0.717, 1.165) is 5.69 Å². The Bertz CT molecular complexity index is 1050. The van der Waals surface area contributed by atoms with Gasteiger partial charge >= 0.3 is 0 Å². The molecule has 0 aliphatic rings. The molecule has 0 radical (unpaired) electrons. The van der Waals surface area contributed by atoms with Crippen LogP contribution in [0.1, 0.15) is 23.0 Å². The van der Waals surface area contributed by atoms with Crippen molar-refractivity contribution in [3.8, 4) is 0 Å². The number of fused-ring (bicyclic) bond motifs is 1. The number of hydrogen-bond acceptors (Lipinski definition) is 3. The number of nitrogens with one attached hydrogen (secondary N) is 1. The number of halogens is 2. The Balaban J connectivity index is 2.08. The molecule has 0 saturated heterocycles. The lowest BCUT2D eigenvalue weighted by molar-refractivity contribution is 0.102. The van der Waals surface area contributed by atoms with Crippen LogP contribution < -0.4 is 10.7 Å². The molecule has 2 aromatic heterocycles. The molecule has 7 heteroatoms. The fourth-order valence-electron chi connectivity index (χ4n) is 2.54. The third kappa shape index (κ3) is 3.32. The minimum atomic E-state index is -0.657. The summed E-state index contributed by atoms with van der Waals surface area (Å²) >= 11 is 3.16. The van der Waals surface area contributed by atoms with Crippen molar-refractivity contribution in [1.29, 1.82) is 0 Å². The average Bonchev–Trinajstić information content (AvgIpc) is 2.57. The van der Waals surface area contributed by atoms with Crippen molar-refractivity contribution < 1.29 is 9.18 Å².